The average molecular weight is 260 g/mol. The van der Waals surface area contributed by atoms with E-state index in [2.05, 4.69) is 19.1 Å². The lowest BCUT2D eigenvalue weighted by Crippen LogP contribution is -2.19. The maximum atomic E-state index is 10.9. The van der Waals surface area contributed by atoms with Crippen molar-refractivity contribution < 1.29 is 14.6 Å². The maximum absolute atomic E-state index is 10.9. The van der Waals surface area contributed by atoms with Gasteiger partial charge in [0, 0.05) is 0 Å². The van der Waals surface area contributed by atoms with E-state index in [9.17, 15) is 4.79 Å². The third-order valence-electron chi connectivity index (χ3n) is 3.69. The Kier molecular flexibility index (Phi) is 4.74. The quantitative estimate of drug-likeness (QED) is 0.824. The van der Waals surface area contributed by atoms with E-state index in [1.807, 2.05) is 6.07 Å². The van der Waals surface area contributed by atoms with E-state index in [0.29, 0.717) is 24.0 Å². The summed E-state index contributed by atoms with van der Waals surface area (Å²) < 4.78 is 5.74. The third-order valence-corrected chi connectivity index (χ3v) is 3.69. The Hall–Kier alpha value is -1.61. The average Bonchev–Trinajstić information content (AvgIpc) is 2.41. The molecule has 0 heterocycles. The second-order valence-corrected chi connectivity index (χ2v) is 5.20. The molecule has 0 aromatic heterocycles. The van der Waals surface area contributed by atoms with Crippen molar-refractivity contribution in [2.45, 2.75) is 26.4 Å². The van der Waals surface area contributed by atoms with Crippen LogP contribution in [0.3, 0.4) is 0 Å². The molecule has 0 fully saturated rings. The number of carboxylic acids is 1. The Balaban J connectivity index is 1.84. The molecule has 0 saturated heterocycles. The highest BCUT2D eigenvalue weighted by Crippen LogP contribution is 2.25. The first-order valence-corrected chi connectivity index (χ1v) is 6.72. The van der Waals surface area contributed by atoms with E-state index in [4.69, 9.17) is 9.84 Å². The molecule has 1 N–H and O–H groups in total. The molecule has 3 nitrogen and oxygen atoms in total. The number of carbonyl (C=O) groups is 1. The summed E-state index contributed by atoms with van der Waals surface area (Å²) in [6, 6.07) is 6.93. The maximum Gasteiger partial charge on any atom is 0.335 e. The van der Waals surface area contributed by atoms with Crippen molar-refractivity contribution >= 4 is 5.97 Å². The molecule has 0 bridgehead atoms. The molecule has 1 aromatic carbocycles. The molecule has 0 spiro atoms. The van der Waals surface area contributed by atoms with Gasteiger partial charge < -0.3 is 9.84 Å². The van der Waals surface area contributed by atoms with Crippen LogP contribution in [0.15, 0.2) is 36.4 Å². The van der Waals surface area contributed by atoms with Crippen LogP contribution in [0.2, 0.25) is 0 Å². The van der Waals surface area contributed by atoms with E-state index in [-0.39, 0.29) is 0 Å². The normalized spacial score (nSPS) is 22.4. The summed E-state index contributed by atoms with van der Waals surface area (Å²) in [5.74, 6) is 0.343. The lowest BCUT2D eigenvalue weighted by Gasteiger charge is -2.24. The van der Waals surface area contributed by atoms with Gasteiger partial charge in [0.1, 0.15) is 0 Å². The molecule has 2 atom stereocenters. The fourth-order valence-electron chi connectivity index (χ4n) is 2.36. The van der Waals surface area contributed by atoms with Crippen molar-refractivity contribution in [3.8, 4) is 0 Å². The Morgan fingerprint density at radius 1 is 1.37 bits per heavy atom. The smallest absolute Gasteiger partial charge is 0.335 e. The molecule has 1 aromatic rings. The van der Waals surface area contributed by atoms with Gasteiger partial charge in [-0.1, -0.05) is 31.2 Å². The Labute approximate surface area is 113 Å². The molecule has 0 radical (unpaired) electrons. The monoisotopic (exact) mass is 260 g/mol. The fourth-order valence-corrected chi connectivity index (χ4v) is 2.36. The summed E-state index contributed by atoms with van der Waals surface area (Å²) in [4.78, 5) is 10.9. The van der Waals surface area contributed by atoms with Gasteiger partial charge in [-0.3, -0.25) is 0 Å². The summed E-state index contributed by atoms with van der Waals surface area (Å²) in [6.07, 6.45) is 6.66. The van der Waals surface area contributed by atoms with E-state index in [1.54, 1.807) is 18.2 Å². The van der Waals surface area contributed by atoms with Crippen molar-refractivity contribution in [3.63, 3.8) is 0 Å². The topological polar surface area (TPSA) is 46.5 Å². The predicted octanol–water partition coefficient (Wildman–Crippen LogP) is 3.50. The number of carboxylic acid groups (broad SMARTS) is 1. The van der Waals surface area contributed by atoms with Gasteiger partial charge in [0.2, 0.25) is 0 Å². The fraction of sp³-hybridized carbons (Fsp3) is 0.438. The number of benzene rings is 1. The van der Waals surface area contributed by atoms with Gasteiger partial charge in [0.05, 0.1) is 18.8 Å². The predicted molar refractivity (Wildman–Crippen MR) is 74.1 cm³/mol. The van der Waals surface area contributed by atoms with Crippen LogP contribution in [0.1, 0.15) is 35.7 Å². The molecular weight excluding hydrogens is 240 g/mol. The van der Waals surface area contributed by atoms with Crippen molar-refractivity contribution in [1.29, 1.82) is 0 Å². The second-order valence-electron chi connectivity index (χ2n) is 5.20. The zero-order valence-corrected chi connectivity index (χ0v) is 11.2. The summed E-state index contributed by atoms with van der Waals surface area (Å²) in [5.41, 5.74) is 1.23. The SMILES string of the molecule is C[C@@H]1CC=CC[C@H]1COCc1cccc(C(=O)O)c1. The Morgan fingerprint density at radius 2 is 2.16 bits per heavy atom. The number of hydrogen-bond acceptors (Lipinski definition) is 2. The molecule has 0 unspecified atom stereocenters. The van der Waals surface area contributed by atoms with Crippen LogP contribution in [0, 0.1) is 11.8 Å². The Morgan fingerprint density at radius 3 is 2.89 bits per heavy atom. The molecule has 2 rings (SSSR count). The molecular formula is C16H20O3. The highest BCUT2D eigenvalue weighted by Gasteiger charge is 2.18. The first-order valence-electron chi connectivity index (χ1n) is 6.72. The minimum absolute atomic E-state index is 0.315. The largest absolute Gasteiger partial charge is 0.478 e. The van der Waals surface area contributed by atoms with Crippen LogP contribution < -0.4 is 0 Å². The molecule has 3 heteroatoms. The number of aromatic carboxylic acids is 1. The molecule has 1 aliphatic rings. The van der Waals surface area contributed by atoms with E-state index in [1.165, 1.54) is 0 Å². The highest BCUT2D eigenvalue weighted by molar-refractivity contribution is 5.87. The van der Waals surface area contributed by atoms with Crippen LogP contribution in [-0.4, -0.2) is 17.7 Å². The van der Waals surface area contributed by atoms with Gasteiger partial charge in [0.25, 0.3) is 0 Å². The Bertz CT molecular complexity index is 465. The van der Waals surface area contributed by atoms with E-state index < -0.39 is 5.97 Å². The van der Waals surface area contributed by atoms with Gasteiger partial charge in [-0.05, 0) is 42.4 Å². The molecule has 19 heavy (non-hydrogen) atoms. The summed E-state index contributed by atoms with van der Waals surface area (Å²) >= 11 is 0. The van der Waals surface area contributed by atoms with Crippen LogP contribution in [0.25, 0.3) is 0 Å². The third kappa shape index (κ3) is 3.93. The number of hydrogen-bond donors (Lipinski definition) is 1. The van der Waals surface area contributed by atoms with Crippen LogP contribution >= 0.6 is 0 Å². The van der Waals surface area contributed by atoms with Crippen LogP contribution in [0.5, 0.6) is 0 Å². The zero-order chi connectivity index (χ0) is 13.7. The highest BCUT2D eigenvalue weighted by atomic mass is 16.5. The van der Waals surface area contributed by atoms with Crippen LogP contribution in [-0.2, 0) is 11.3 Å². The molecule has 0 saturated carbocycles. The minimum atomic E-state index is -0.895. The summed E-state index contributed by atoms with van der Waals surface area (Å²) in [7, 11) is 0. The number of ether oxygens (including phenoxy) is 1. The molecule has 0 aliphatic heterocycles. The lowest BCUT2D eigenvalue weighted by molar-refractivity contribution is 0.0672. The van der Waals surface area contributed by atoms with Gasteiger partial charge in [-0.2, -0.15) is 0 Å². The summed E-state index contributed by atoms with van der Waals surface area (Å²) in [5, 5.41) is 8.92. The first kappa shape index (κ1) is 13.8. The van der Waals surface area contributed by atoms with Crippen molar-refractivity contribution in [2.75, 3.05) is 6.61 Å². The second kappa shape index (κ2) is 6.53. The van der Waals surface area contributed by atoms with Gasteiger partial charge in [-0.25, -0.2) is 4.79 Å². The van der Waals surface area contributed by atoms with Crippen LogP contribution in [0.4, 0.5) is 0 Å². The molecule has 1 aliphatic carbocycles. The first-order chi connectivity index (χ1) is 9.16. The van der Waals surface area contributed by atoms with Gasteiger partial charge in [-0.15, -0.1) is 0 Å². The van der Waals surface area contributed by atoms with Crippen molar-refractivity contribution in [3.05, 3.63) is 47.5 Å². The minimum Gasteiger partial charge on any atom is -0.478 e. The molecule has 0 amide bonds. The number of allylic oxidation sites excluding steroid dienone is 2. The lowest BCUT2D eigenvalue weighted by atomic mass is 9.85. The standard InChI is InChI=1S/C16H20O3/c1-12-5-2-3-7-15(12)11-19-10-13-6-4-8-14(9-13)16(17)18/h2-4,6,8-9,12,15H,5,7,10-11H2,1H3,(H,17,18)/t12-,15+/m1/s1. The van der Waals surface area contributed by atoms with Crippen molar-refractivity contribution in [2.24, 2.45) is 11.8 Å². The zero-order valence-electron chi connectivity index (χ0n) is 11.2. The van der Waals surface area contributed by atoms with Gasteiger partial charge in [0.15, 0.2) is 0 Å². The van der Waals surface area contributed by atoms with E-state index in [0.717, 1.165) is 25.0 Å². The molecule has 102 valence electrons. The summed E-state index contributed by atoms with van der Waals surface area (Å²) in [6.45, 7) is 3.47. The number of rotatable bonds is 5. The van der Waals surface area contributed by atoms with Crippen molar-refractivity contribution in [1.82, 2.24) is 0 Å². The van der Waals surface area contributed by atoms with E-state index >= 15 is 0 Å². The van der Waals surface area contributed by atoms with Gasteiger partial charge >= 0.3 is 5.97 Å².